The summed E-state index contributed by atoms with van der Waals surface area (Å²) >= 11 is 0. The van der Waals surface area contributed by atoms with E-state index in [1.54, 1.807) is 10.9 Å². The lowest BCUT2D eigenvalue weighted by Crippen LogP contribution is -2.49. The van der Waals surface area contributed by atoms with Crippen molar-refractivity contribution in [1.82, 2.24) is 14.7 Å². The number of benzene rings is 1. The van der Waals surface area contributed by atoms with Crippen molar-refractivity contribution in [1.29, 1.82) is 0 Å². The molecule has 0 N–H and O–H groups in total. The number of carbonyl (C=O) groups excluding carboxylic acids is 1. The molecule has 4 rings (SSSR count). The lowest BCUT2D eigenvalue weighted by molar-refractivity contribution is -0.0295. The highest BCUT2D eigenvalue weighted by Crippen LogP contribution is 2.46. The molecule has 2 atom stereocenters. The molecule has 25 heavy (non-hydrogen) atoms. The highest BCUT2D eigenvalue weighted by molar-refractivity contribution is 5.94. The van der Waals surface area contributed by atoms with Crippen LogP contribution in [-0.2, 0) is 4.74 Å². The number of nitrogens with zero attached hydrogens (tertiary/aromatic N) is 3. The zero-order valence-corrected chi connectivity index (χ0v) is 14.7. The lowest BCUT2D eigenvalue weighted by atomic mass is 9.76. The fourth-order valence-electron chi connectivity index (χ4n) is 4.64. The predicted molar refractivity (Wildman–Crippen MR) is 95.8 cm³/mol. The van der Waals surface area contributed by atoms with Gasteiger partial charge in [0.25, 0.3) is 5.91 Å². The molecule has 0 bridgehead atoms. The third-order valence-electron chi connectivity index (χ3n) is 5.89. The van der Waals surface area contributed by atoms with E-state index in [0.717, 1.165) is 37.2 Å². The molecule has 2 heterocycles. The molecule has 5 heteroatoms. The summed E-state index contributed by atoms with van der Waals surface area (Å²) in [6.07, 6.45) is 9.69. The number of carbonyl (C=O) groups is 1. The average Bonchev–Trinajstić information content (AvgIpc) is 3.31. The van der Waals surface area contributed by atoms with E-state index in [1.807, 2.05) is 48.5 Å². The molecule has 132 valence electrons. The molecule has 0 radical (unpaired) electrons. The second-order valence-electron chi connectivity index (χ2n) is 7.31. The molecular weight excluding hydrogens is 314 g/mol. The Kier molecular flexibility index (Phi) is 4.34. The Bertz CT molecular complexity index is 726. The van der Waals surface area contributed by atoms with E-state index in [-0.39, 0.29) is 11.3 Å². The van der Waals surface area contributed by atoms with E-state index >= 15 is 0 Å². The molecule has 1 amide bonds. The van der Waals surface area contributed by atoms with Crippen LogP contribution in [0.2, 0.25) is 0 Å². The first-order valence-electron chi connectivity index (χ1n) is 9.14. The number of hydrogen-bond acceptors (Lipinski definition) is 3. The number of methoxy groups -OCH3 is 1. The van der Waals surface area contributed by atoms with E-state index in [4.69, 9.17) is 4.74 Å². The number of likely N-dealkylation sites (tertiary alicyclic amines) is 1. The fourth-order valence-corrected chi connectivity index (χ4v) is 4.64. The van der Waals surface area contributed by atoms with Crippen LogP contribution in [0.1, 0.15) is 42.5 Å². The summed E-state index contributed by atoms with van der Waals surface area (Å²) in [6.45, 7) is 1.67. The van der Waals surface area contributed by atoms with Gasteiger partial charge in [-0.3, -0.25) is 4.79 Å². The summed E-state index contributed by atoms with van der Waals surface area (Å²) in [5.74, 6) is 0.132. The Morgan fingerprint density at radius 3 is 2.76 bits per heavy atom. The summed E-state index contributed by atoms with van der Waals surface area (Å²) in [4.78, 5) is 15.0. The molecule has 1 aliphatic heterocycles. The zero-order valence-electron chi connectivity index (χ0n) is 14.7. The largest absolute Gasteiger partial charge is 0.381 e. The Morgan fingerprint density at radius 2 is 2.04 bits per heavy atom. The summed E-state index contributed by atoms with van der Waals surface area (Å²) in [7, 11) is 1.81. The van der Waals surface area contributed by atoms with Gasteiger partial charge < -0.3 is 9.64 Å². The van der Waals surface area contributed by atoms with Gasteiger partial charge in [-0.05, 0) is 56.0 Å². The minimum absolute atomic E-state index is 0.132. The number of ether oxygens (including phenoxy) is 1. The monoisotopic (exact) mass is 339 g/mol. The van der Waals surface area contributed by atoms with Gasteiger partial charge in [-0.1, -0.05) is 6.42 Å². The average molecular weight is 339 g/mol. The number of amides is 1. The minimum Gasteiger partial charge on any atom is -0.381 e. The third-order valence-corrected chi connectivity index (χ3v) is 5.89. The Balaban J connectivity index is 1.50. The van der Waals surface area contributed by atoms with Crippen molar-refractivity contribution in [3.8, 4) is 5.69 Å². The summed E-state index contributed by atoms with van der Waals surface area (Å²) in [6, 6.07) is 9.60. The summed E-state index contributed by atoms with van der Waals surface area (Å²) < 4.78 is 7.55. The van der Waals surface area contributed by atoms with Gasteiger partial charge >= 0.3 is 0 Å². The van der Waals surface area contributed by atoms with E-state index < -0.39 is 0 Å². The van der Waals surface area contributed by atoms with Crippen LogP contribution in [0.15, 0.2) is 42.7 Å². The van der Waals surface area contributed by atoms with E-state index in [1.165, 1.54) is 19.3 Å². The zero-order chi connectivity index (χ0) is 17.3. The Morgan fingerprint density at radius 1 is 1.24 bits per heavy atom. The van der Waals surface area contributed by atoms with Crippen LogP contribution >= 0.6 is 0 Å². The van der Waals surface area contributed by atoms with Gasteiger partial charge in [0.2, 0.25) is 0 Å². The maximum Gasteiger partial charge on any atom is 0.253 e. The predicted octanol–water partition coefficient (Wildman–Crippen LogP) is 3.29. The standard InChI is InChI=1S/C20H25N3O2/c1-25-18-5-2-10-20(18)11-3-13-22(15-20)19(24)16-6-8-17(9-7-16)23-14-4-12-21-23/h4,6-9,12,14,18H,2-3,5,10-11,13,15H2,1H3/t18-,20+/m1/s1. The molecule has 1 saturated carbocycles. The van der Waals surface area contributed by atoms with E-state index in [9.17, 15) is 4.79 Å². The first-order chi connectivity index (χ1) is 12.2. The highest BCUT2D eigenvalue weighted by Gasteiger charge is 2.46. The van der Waals surface area contributed by atoms with Crippen molar-refractivity contribution in [2.24, 2.45) is 5.41 Å². The molecule has 1 aromatic heterocycles. The van der Waals surface area contributed by atoms with Crippen LogP contribution in [0.4, 0.5) is 0 Å². The van der Waals surface area contributed by atoms with Crippen LogP contribution in [0.5, 0.6) is 0 Å². The number of hydrogen-bond donors (Lipinski definition) is 0. The second-order valence-corrected chi connectivity index (χ2v) is 7.31. The van der Waals surface area contributed by atoms with Crippen LogP contribution in [0.3, 0.4) is 0 Å². The summed E-state index contributed by atoms with van der Waals surface area (Å²) in [5, 5.41) is 4.22. The lowest BCUT2D eigenvalue weighted by Gasteiger charge is -2.43. The van der Waals surface area contributed by atoms with Gasteiger partial charge in [0.15, 0.2) is 0 Å². The minimum atomic E-state index is 0.132. The first-order valence-corrected chi connectivity index (χ1v) is 9.14. The number of rotatable bonds is 3. The highest BCUT2D eigenvalue weighted by atomic mass is 16.5. The maximum absolute atomic E-state index is 13.0. The van der Waals surface area contributed by atoms with E-state index in [2.05, 4.69) is 5.10 Å². The van der Waals surface area contributed by atoms with Gasteiger partial charge in [0.1, 0.15) is 0 Å². The number of aromatic nitrogens is 2. The molecule has 1 spiro atoms. The molecular formula is C20H25N3O2. The van der Waals surface area contributed by atoms with Crippen LogP contribution in [0, 0.1) is 5.41 Å². The topological polar surface area (TPSA) is 47.4 Å². The summed E-state index contributed by atoms with van der Waals surface area (Å²) in [5.41, 5.74) is 1.88. The van der Waals surface area contributed by atoms with Gasteiger partial charge in [-0.2, -0.15) is 5.10 Å². The molecule has 2 fully saturated rings. The van der Waals surface area contributed by atoms with Crippen molar-refractivity contribution in [2.45, 2.75) is 38.2 Å². The molecule has 1 aliphatic carbocycles. The molecule has 1 aromatic carbocycles. The van der Waals surface area contributed by atoms with Gasteiger partial charge in [-0.15, -0.1) is 0 Å². The first kappa shape index (κ1) is 16.3. The van der Waals surface area contributed by atoms with Gasteiger partial charge in [0, 0.05) is 43.6 Å². The van der Waals surface area contributed by atoms with Gasteiger partial charge in [0.05, 0.1) is 11.8 Å². The Hall–Kier alpha value is -2.14. The van der Waals surface area contributed by atoms with Crippen molar-refractivity contribution in [3.63, 3.8) is 0 Å². The maximum atomic E-state index is 13.0. The van der Waals surface area contributed by atoms with Crippen molar-refractivity contribution in [3.05, 3.63) is 48.3 Å². The molecule has 0 unspecified atom stereocenters. The van der Waals surface area contributed by atoms with Crippen molar-refractivity contribution in [2.75, 3.05) is 20.2 Å². The quantitative estimate of drug-likeness (QED) is 0.862. The van der Waals surface area contributed by atoms with E-state index in [0.29, 0.717) is 6.10 Å². The van der Waals surface area contributed by atoms with Crippen LogP contribution in [0.25, 0.3) is 5.69 Å². The molecule has 2 aromatic rings. The number of piperidine rings is 1. The molecule has 1 saturated heterocycles. The smallest absolute Gasteiger partial charge is 0.253 e. The van der Waals surface area contributed by atoms with Crippen molar-refractivity contribution < 1.29 is 9.53 Å². The second kappa shape index (κ2) is 6.64. The SMILES string of the molecule is CO[C@@H]1CCC[C@@]12CCCN(C(=O)c1ccc(-n3cccn3)cc1)C2. The van der Waals surface area contributed by atoms with Crippen molar-refractivity contribution >= 4 is 5.91 Å². The fraction of sp³-hybridized carbons (Fsp3) is 0.500. The molecule has 2 aliphatic rings. The van der Waals surface area contributed by atoms with Gasteiger partial charge in [-0.25, -0.2) is 4.68 Å². The Labute approximate surface area is 148 Å². The normalized spacial score (nSPS) is 26.3. The van der Waals surface area contributed by atoms with Crippen LogP contribution < -0.4 is 0 Å². The van der Waals surface area contributed by atoms with Crippen LogP contribution in [-0.4, -0.2) is 46.9 Å². The third kappa shape index (κ3) is 2.97. The molecule has 5 nitrogen and oxygen atoms in total.